The summed E-state index contributed by atoms with van der Waals surface area (Å²) in [7, 11) is 0. The molecule has 3 atom stereocenters. The van der Waals surface area contributed by atoms with Crippen LogP contribution in [0.5, 0.6) is 0 Å². The van der Waals surface area contributed by atoms with Crippen molar-refractivity contribution < 1.29 is 14.0 Å². The summed E-state index contributed by atoms with van der Waals surface area (Å²) in [6.45, 7) is 0.544. The molecule has 1 aliphatic carbocycles. The molecular formula is C19H17FN2O2. The van der Waals surface area contributed by atoms with E-state index in [2.05, 4.69) is 0 Å². The second kappa shape index (κ2) is 5.44. The summed E-state index contributed by atoms with van der Waals surface area (Å²) in [4.78, 5) is 26.3. The molecule has 122 valence electrons. The fourth-order valence-corrected chi connectivity index (χ4v) is 3.78. The van der Waals surface area contributed by atoms with Crippen LogP contribution in [0.3, 0.4) is 0 Å². The van der Waals surface area contributed by atoms with Gasteiger partial charge in [0.15, 0.2) is 0 Å². The summed E-state index contributed by atoms with van der Waals surface area (Å²) in [5.74, 6) is -0.547. The van der Waals surface area contributed by atoms with Crippen LogP contribution >= 0.6 is 0 Å². The lowest BCUT2D eigenvalue weighted by Crippen LogP contribution is -2.46. The predicted molar refractivity (Wildman–Crippen MR) is 87.5 cm³/mol. The van der Waals surface area contributed by atoms with Crippen molar-refractivity contribution in [2.45, 2.75) is 12.5 Å². The van der Waals surface area contributed by atoms with E-state index in [9.17, 15) is 14.0 Å². The number of piperidine rings is 1. The van der Waals surface area contributed by atoms with Crippen molar-refractivity contribution in [3.05, 3.63) is 59.9 Å². The van der Waals surface area contributed by atoms with E-state index in [1.54, 1.807) is 47.4 Å². The van der Waals surface area contributed by atoms with Gasteiger partial charge in [-0.2, -0.15) is 0 Å². The summed E-state index contributed by atoms with van der Waals surface area (Å²) >= 11 is 0. The van der Waals surface area contributed by atoms with Gasteiger partial charge in [-0.05, 0) is 36.0 Å². The van der Waals surface area contributed by atoms with Crippen LogP contribution in [0.1, 0.15) is 16.8 Å². The molecule has 1 saturated heterocycles. The van der Waals surface area contributed by atoms with E-state index in [0.717, 1.165) is 6.42 Å². The average molecular weight is 324 g/mol. The lowest BCUT2D eigenvalue weighted by atomic mass is 9.98. The summed E-state index contributed by atoms with van der Waals surface area (Å²) in [5, 5.41) is 0. The Bertz CT molecular complexity index is 836. The normalized spacial score (nSPS) is 24.5. The third kappa shape index (κ3) is 2.28. The van der Waals surface area contributed by atoms with Crippen molar-refractivity contribution in [2.24, 2.45) is 17.6 Å². The molecule has 1 heterocycles. The standard InChI is InChI=1S/C19H17FN2O2/c20-16-8-4-3-6-13(16)12-5-1-2-7-14(12)19(24)22-10-11-9-15(11)17(22)18(21)23/h1-8,11,15,17H,9-10H2,(H2,21,23)/t11-,15-,17+/m1/s1. The number of nitrogens with zero attached hydrogens (tertiary/aromatic N) is 1. The highest BCUT2D eigenvalue weighted by molar-refractivity contribution is 6.03. The van der Waals surface area contributed by atoms with E-state index in [1.807, 2.05) is 0 Å². The van der Waals surface area contributed by atoms with Crippen molar-refractivity contribution in [1.29, 1.82) is 0 Å². The highest BCUT2D eigenvalue weighted by atomic mass is 19.1. The van der Waals surface area contributed by atoms with Crippen molar-refractivity contribution >= 4 is 11.8 Å². The molecule has 0 spiro atoms. The largest absolute Gasteiger partial charge is 0.368 e. The first-order chi connectivity index (χ1) is 11.6. The van der Waals surface area contributed by atoms with Crippen LogP contribution in [0, 0.1) is 17.7 Å². The van der Waals surface area contributed by atoms with Gasteiger partial charge in [0, 0.05) is 17.7 Å². The van der Waals surface area contributed by atoms with Crippen LogP contribution in [0.2, 0.25) is 0 Å². The fourth-order valence-electron chi connectivity index (χ4n) is 3.78. The Kier molecular flexibility index (Phi) is 3.37. The van der Waals surface area contributed by atoms with E-state index in [-0.39, 0.29) is 17.6 Å². The number of benzene rings is 2. The van der Waals surface area contributed by atoms with Gasteiger partial charge in [0.2, 0.25) is 5.91 Å². The molecule has 0 radical (unpaired) electrons. The van der Waals surface area contributed by atoms with Crippen LogP contribution in [0.15, 0.2) is 48.5 Å². The molecule has 5 heteroatoms. The number of rotatable bonds is 3. The highest BCUT2D eigenvalue weighted by Crippen LogP contribution is 2.50. The zero-order valence-electron chi connectivity index (χ0n) is 13.0. The first-order valence-electron chi connectivity index (χ1n) is 8.02. The van der Waals surface area contributed by atoms with E-state index >= 15 is 0 Å². The molecule has 2 fully saturated rings. The summed E-state index contributed by atoms with van der Waals surface area (Å²) < 4.78 is 14.2. The van der Waals surface area contributed by atoms with Gasteiger partial charge in [-0.15, -0.1) is 0 Å². The van der Waals surface area contributed by atoms with Crippen LogP contribution < -0.4 is 5.73 Å². The smallest absolute Gasteiger partial charge is 0.255 e. The molecule has 2 amide bonds. The minimum absolute atomic E-state index is 0.187. The van der Waals surface area contributed by atoms with Gasteiger partial charge >= 0.3 is 0 Å². The third-order valence-electron chi connectivity index (χ3n) is 5.02. The summed E-state index contributed by atoms with van der Waals surface area (Å²) in [6.07, 6.45) is 0.951. The number of halogens is 1. The topological polar surface area (TPSA) is 63.4 Å². The molecule has 24 heavy (non-hydrogen) atoms. The van der Waals surface area contributed by atoms with E-state index in [0.29, 0.717) is 29.2 Å². The van der Waals surface area contributed by atoms with Crippen LogP contribution in [0.4, 0.5) is 4.39 Å². The Morgan fingerprint density at radius 3 is 2.42 bits per heavy atom. The van der Waals surface area contributed by atoms with Gasteiger partial charge in [0.25, 0.3) is 5.91 Å². The molecule has 2 aromatic rings. The van der Waals surface area contributed by atoms with Crippen molar-refractivity contribution in [3.63, 3.8) is 0 Å². The molecule has 2 aliphatic rings. The van der Waals surface area contributed by atoms with Crippen molar-refractivity contribution in [1.82, 2.24) is 4.90 Å². The molecule has 2 N–H and O–H groups in total. The number of hydrogen-bond acceptors (Lipinski definition) is 2. The van der Waals surface area contributed by atoms with Gasteiger partial charge < -0.3 is 10.6 Å². The van der Waals surface area contributed by atoms with Gasteiger partial charge in [0.05, 0.1) is 0 Å². The molecular weight excluding hydrogens is 307 g/mol. The van der Waals surface area contributed by atoms with Crippen LogP contribution in [-0.4, -0.2) is 29.3 Å². The van der Waals surface area contributed by atoms with E-state index < -0.39 is 11.9 Å². The first kappa shape index (κ1) is 14.9. The minimum atomic E-state index is -0.545. The number of likely N-dealkylation sites (tertiary alicyclic amines) is 1. The van der Waals surface area contributed by atoms with Gasteiger partial charge in [0.1, 0.15) is 11.9 Å². The fraction of sp³-hybridized carbons (Fsp3) is 0.263. The van der Waals surface area contributed by atoms with Crippen molar-refractivity contribution in [3.8, 4) is 11.1 Å². The Morgan fingerprint density at radius 1 is 1.04 bits per heavy atom. The Hall–Kier alpha value is -2.69. The monoisotopic (exact) mass is 324 g/mol. The molecule has 0 unspecified atom stereocenters. The second-order valence-corrected chi connectivity index (χ2v) is 6.49. The molecule has 0 bridgehead atoms. The van der Waals surface area contributed by atoms with Gasteiger partial charge in [-0.25, -0.2) is 4.39 Å². The molecule has 2 aromatic carbocycles. The molecule has 1 aliphatic heterocycles. The van der Waals surface area contributed by atoms with Crippen LogP contribution in [-0.2, 0) is 4.79 Å². The number of carbonyl (C=O) groups excluding carboxylic acids is 2. The maximum Gasteiger partial charge on any atom is 0.255 e. The number of amides is 2. The third-order valence-corrected chi connectivity index (χ3v) is 5.02. The highest BCUT2D eigenvalue weighted by Gasteiger charge is 2.56. The van der Waals surface area contributed by atoms with Gasteiger partial charge in [-0.3, -0.25) is 9.59 Å². The number of nitrogens with two attached hydrogens (primary N) is 1. The molecule has 4 rings (SSSR count). The van der Waals surface area contributed by atoms with Crippen molar-refractivity contribution in [2.75, 3.05) is 6.54 Å². The maximum atomic E-state index is 14.2. The summed E-state index contributed by atoms with van der Waals surface area (Å²) in [6, 6.07) is 12.7. The molecule has 4 nitrogen and oxygen atoms in total. The minimum Gasteiger partial charge on any atom is -0.368 e. The predicted octanol–water partition coefficient (Wildman–Crippen LogP) is 2.44. The second-order valence-electron chi connectivity index (χ2n) is 6.49. The zero-order valence-corrected chi connectivity index (χ0v) is 13.0. The molecule has 0 aromatic heterocycles. The average Bonchev–Trinajstić information content (AvgIpc) is 3.24. The van der Waals surface area contributed by atoms with E-state index in [1.165, 1.54) is 6.07 Å². The van der Waals surface area contributed by atoms with E-state index in [4.69, 9.17) is 5.73 Å². The Morgan fingerprint density at radius 2 is 1.71 bits per heavy atom. The number of fused-ring (bicyclic) bond motifs is 1. The Balaban J connectivity index is 1.74. The number of hydrogen-bond donors (Lipinski definition) is 1. The molecule has 1 saturated carbocycles. The Labute approximate surface area is 139 Å². The summed E-state index contributed by atoms with van der Waals surface area (Å²) in [5.41, 5.74) is 6.81. The van der Waals surface area contributed by atoms with Crippen LogP contribution in [0.25, 0.3) is 11.1 Å². The first-order valence-corrected chi connectivity index (χ1v) is 8.02. The number of primary amides is 1. The zero-order chi connectivity index (χ0) is 16.8. The lowest BCUT2D eigenvalue weighted by molar-refractivity contribution is -0.122. The lowest BCUT2D eigenvalue weighted by Gasteiger charge is -2.26. The number of carbonyl (C=O) groups is 2. The maximum absolute atomic E-state index is 14.2. The SMILES string of the molecule is NC(=O)[C@@H]1[C@@H]2C[C@@H]2CN1C(=O)c1ccccc1-c1ccccc1F. The quantitative estimate of drug-likeness (QED) is 0.942. The van der Waals surface area contributed by atoms with Gasteiger partial charge in [-0.1, -0.05) is 36.4 Å².